The van der Waals surface area contributed by atoms with Crippen LogP contribution < -0.4 is 20.2 Å². The zero-order chi connectivity index (χ0) is 29.5. The van der Waals surface area contributed by atoms with Crippen molar-refractivity contribution in [2.75, 3.05) is 13.7 Å². The van der Waals surface area contributed by atoms with Crippen molar-refractivity contribution in [3.05, 3.63) is 57.9 Å². The Morgan fingerprint density at radius 3 is 2.34 bits per heavy atom. The maximum atomic E-state index is 12.8. The zero-order valence-corrected chi connectivity index (χ0v) is 25.2. The van der Waals surface area contributed by atoms with E-state index in [0.717, 1.165) is 29.3 Å². The molecule has 8 nitrogen and oxygen atoms in total. The number of unbranched alkanes of at least 4 members (excludes halogenated alkanes) is 8. The Hall–Kier alpha value is -3.43. The standard InChI is InChI=1S/C31H38ClN3O5S/c1-3-4-5-6-7-8-9-10-11-16-27(36)33-21-28(37)35-34-20-22-17-18-24(25(19-22)39-2)40-31(38)30-29(32)23-14-12-13-15-26(23)41-30/h12-15,17-20H,3-11,16,21H2,1-2H3,(H,33,36)(H,35,37)/b34-20-. The molecule has 41 heavy (non-hydrogen) atoms. The molecule has 0 bridgehead atoms. The topological polar surface area (TPSA) is 106 Å². The maximum absolute atomic E-state index is 12.8. The zero-order valence-electron chi connectivity index (χ0n) is 23.7. The van der Waals surface area contributed by atoms with Gasteiger partial charge in [-0.3, -0.25) is 9.59 Å². The molecule has 0 saturated carbocycles. The van der Waals surface area contributed by atoms with Gasteiger partial charge >= 0.3 is 5.97 Å². The number of nitrogens with one attached hydrogen (secondary N) is 2. The fourth-order valence-electron chi connectivity index (χ4n) is 4.22. The number of carbonyl (C=O) groups is 3. The monoisotopic (exact) mass is 599 g/mol. The average Bonchev–Trinajstić information content (AvgIpc) is 3.32. The lowest BCUT2D eigenvalue weighted by atomic mass is 10.1. The van der Waals surface area contributed by atoms with Crippen LogP contribution in [0, 0.1) is 0 Å². The molecule has 0 fully saturated rings. The molecule has 2 amide bonds. The van der Waals surface area contributed by atoms with Crippen LogP contribution in [0.2, 0.25) is 5.02 Å². The molecule has 10 heteroatoms. The SMILES string of the molecule is CCCCCCCCCCCC(=O)NCC(=O)N/N=C\c1ccc(OC(=O)c2sc3ccccc3c2Cl)c(OC)c1. The lowest BCUT2D eigenvalue weighted by molar-refractivity contribution is -0.126. The van der Waals surface area contributed by atoms with E-state index in [1.807, 2.05) is 24.3 Å². The van der Waals surface area contributed by atoms with Gasteiger partial charge in [-0.05, 0) is 36.2 Å². The quantitative estimate of drug-likeness (QED) is 0.0558. The van der Waals surface area contributed by atoms with Crippen molar-refractivity contribution in [3.63, 3.8) is 0 Å². The smallest absolute Gasteiger partial charge is 0.355 e. The van der Waals surface area contributed by atoms with E-state index < -0.39 is 11.9 Å². The summed E-state index contributed by atoms with van der Waals surface area (Å²) in [5.41, 5.74) is 3.00. The number of rotatable bonds is 17. The van der Waals surface area contributed by atoms with E-state index >= 15 is 0 Å². The number of nitrogens with zero attached hydrogens (tertiary/aromatic N) is 1. The van der Waals surface area contributed by atoms with Gasteiger partial charge in [0.25, 0.3) is 5.91 Å². The number of ether oxygens (including phenoxy) is 2. The largest absolute Gasteiger partial charge is 0.493 e. The molecular weight excluding hydrogens is 562 g/mol. The van der Waals surface area contributed by atoms with Gasteiger partial charge in [0.15, 0.2) is 11.5 Å². The summed E-state index contributed by atoms with van der Waals surface area (Å²) in [5, 5.41) is 7.71. The van der Waals surface area contributed by atoms with Crippen LogP contribution in [0.3, 0.4) is 0 Å². The van der Waals surface area contributed by atoms with Gasteiger partial charge in [-0.15, -0.1) is 11.3 Å². The minimum absolute atomic E-state index is 0.140. The number of methoxy groups -OCH3 is 1. The molecule has 0 aliphatic carbocycles. The first-order valence-corrected chi connectivity index (χ1v) is 15.3. The Labute approximate surface area is 250 Å². The predicted molar refractivity (Wildman–Crippen MR) is 165 cm³/mol. The van der Waals surface area contributed by atoms with Crippen molar-refractivity contribution in [2.24, 2.45) is 5.10 Å². The Morgan fingerprint density at radius 2 is 1.63 bits per heavy atom. The van der Waals surface area contributed by atoms with Crippen LogP contribution >= 0.6 is 22.9 Å². The van der Waals surface area contributed by atoms with Crippen LogP contribution in [0.4, 0.5) is 0 Å². The van der Waals surface area contributed by atoms with Gasteiger partial charge < -0.3 is 14.8 Å². The van der Waals surface area contributed by atoms with Crippen molar-refractivity contribution >= 4 is 57.0 Å². The summed E-state index contributed by atoms with van der Waals surface area (Å²) in [7, 11) is 1.46. The minimum Gasteiger partial charge on any atom is -0.493 e. The molecular formula is C31H38ClN3O5S. The van der Waals surface area contributed by atoms with Gasteiger partial charge in [0.2, 0.25) is 5.91 Å². The number of fused-ring (bicyclic) bond motifs is 1. The van der Waals surface area contributed by atoms with Crippen molar-refractivity contribution < 1.29 is 23.9 Å². The highest BCUT2D eigenvalue weighted by molar-refractivity contribution is 7.21. The average molecular weight is 600 g/mol. The molecule has 0 atom stereocenters. The molecule has 0 aliphatic rings. The number of esters is 1. The number of thiophene rings is 1. The first kappa shape index (κ1) is 32.1. The highest BCUT2D eigenvalue weighted by atomic mass is 35.5. The molecule has 0 radical (unpaired) electrons. The number of amides is 2. The molecule has 2 N–H and O–H groups in total. The summed E-state index contributed by atoms with van der Waals surface area (Å²) in [6.45, 7) is 2.07. The van der Waals surface area contributed by atoms with Crippen LogP contribution in [0.5, 0.6) is 11.5 Å². The molecule has 0 aliphatic heterocycles. The third-order valence-corrected chi connectivity index (χ3v) is 8.12. The normalized spacial score (nSPS) is 11.1. The summed E-state index contributed by atoms with van der Waals surface area (Å²) in [6.07, 6.45) is 12.5. The lowest BCUT2D eigenvalue weighted by Crippen LogP contribution is -2.34. The summed E-state index contributed by atoms with van der Waals surface area (Å²) < 4.78 is 11.8. The Morgan fingerprint density at radius 1 is 0.927 bits per heavy atom. The number of hydrazone groups is 1. The van der Waals surface area contributed by atoms with Gasteiger partial charge in [0, 0.05) is 16.5 Å². The maximum Gasteiger partial charge on any atom is 0.355 e. The number of benzene rings is 2. The molecule has 1 heterocycles. The van der Waals surface area contributed by atoms with Crippen molar-refractivity contribution in [3.8, 4) is 11.5 Å². The molecule has 2 aromatic carbocycles. The van der Waals surface area contributed by atoms with Crippen molar-refractivity contribution in [1.29, 1.82) is 0 Å². The van der Waals surface area contributed by atoms with Gasteiger partial charge in [0.1, 0.15) is 4.88 Å². The molecule has 3 rings (SSSR count). The lowest BCUT2D eigenvalue weighted by Gasteiger charge is -2.09. The van der Waals surface area contributed by atoms with Crippen LogP contribution in [-0.2, 0) is 9.59 Å². The molecule has 0 spiro atoms. The van der Waals surface area contributed by atoms with E-state index in [1.165, 1.54) is 63.2 Å². The van der Waals surface area contributed by atoms with Crippen molar-refractivity contribution in [1.82, 2.24) is 10.7 Å². The van der Waals surface area contributed by atoms with E-state index in [2.05, 4.69) is 22.8 Å². The Kier molecular flexibility index (Phi) is 13.6. The molecule has 3 aromatic rings. The number of halogens is 1. The van der Waals surface area contributed by atoms with E-state index in [4.69, 9.17) is 21.1 Å². The Bertz CT molecular complexity index is 1340. The number of hydrogen-bond acceptors (Lipinski definition) is 7. The van der Waals surface area contributed by atoms with Crippen LogP contribution in [-0.4, -0.2) is 37.7 Å². The number of carbonyl (C=O) groups excluding carboxylic acids is 3. The van der Waals surface area contributed by atoms with Gasteiger partial charge in [-0.2, -0.15) is 5.10 Å². The van der Waals surface area contributed by atoms with Crippen molar-refractivity contribution in [2.45, 2.75) is 71.1 Å². The second-order valence-electron chi connectivity index (χ2n) is 9.69. The summed E-state index contributed by atoms with van der Waals surface area (Å²) >= 11 is 7.66. The fourth-order valence-corrected chi connectivity index (χ4v) is 5.61. The summed E-state index contributed by atoms with van der Waals surface area (Å²) in [4.78, 5) is 37.2. The molecule has 0 saturated heterocycles. The molecule has 1 aromatic heterocycles. The van der Waals surface area contributed by atoms with Crippen LogP contribution in [0.25, 0.3) is 10.1 Å². The molecule has 220 valence electrons. The van der Waals surface area contributed by atoms with Gasteiger partial charge in [-0.1, -0.05) is 88.1 Å². The summed E-state index contributed by atoms with van der Waals surface area (Å²) in [5.74, 6) is -0.613. The molecule has 0 unspecified atom stereocenters. The van der Waals surface area contributed by atoms with E-state index in [0.29, 0.717) is 27.6 Å². The predicted octanol–water partition coefficient (Wildman–Crippen LogP) is 7.27. The van der Waals surface area contributed by atoms with Crippen LogP contribution in [0.1, 0.15) is 86.4 Å². The number of hydrogen-bond donors (Lipinski definition) is 2. The van der Waals surface area contributed by atoms with Crippen LogP contribution in [0.15, 0.2) is 47.6 Å². The fraction of sp³-hybridized carbons (Fsp3) is 0.419. The minimum atomic E-state index is -0.581. The second-order valence-corrected chi connectivity index (χ2v) is 11.1. The first-order valence-electron chi connectivity index (χ1n) is 14.1. The highest BCUT2D eigenvalue weighted by Crippen LogP contribution is 2.37. The van der Waals surface area contributed by atoms with Gasteiger partial charge in [-0.25, -0.2) is 10.2 Å². The van der Waals surface area contributed by atoms with E-state index in [1.54, 1.807) is 18.2 Å². The third-order valence-electron chi connectivity index (χ3n) is 6.47. The third kappa shape index (κ3) is 10.5. The van der Waals surface area contributed by atoms with E-state index in [9.17, 15) is 14.4 Å². The first-order chi connectivity index (χ1) is 19.9. The second kappa shape index (κ2) is 17.4. The van der Waals surface area contributed by atoms with Gasteiger partial charge in [0.05, 0.1) is 24.9 Å². The van der Waals surface area contributed by atoms with E-state index in [-0.39, 0.29) is 18.2 Å². The highest BCUT2D eigenvalue weighted by Gasteiger charge is 2.20. The Balaban J connectivity index is 1.39. The summed E-state index contributed by atoms with van der Waals surface area (Å²) in [6, 6.07) is 12.3.